The van der Waals surface area contributed by atoms with Crippen molar-refractivity contribution in [1.29, 1.82) is 0 Å². The highest BCUT2D eigenvalue weighted by Gasteiger charge is 2.20. The molecule has 3 rings (SSSR count). The molecule has 0 spiro atoms. The second-order valence-electron chi connectivity index (χ2n) is 4.96. The largest absolute Gasteiger partial charge is 0.457 e. The molecule has 0 unspecified atom stereocenters. The Morgan fingerprint density at radius 1 is 1.15 bits per heavy atom. The maximum absolute atomic E-state index is 13.4. The molecular weight excluding hydrogens is 368 g/mol. The molecule has 0 atom stereocenters. The summed E-state index contributed by atoms with van der Waals surface area (Å²) < 4.78 is 20.4. The van der Waals surface area contributed by atoms with Crippen molar-refractivity contribution in [2.45, 2.75) is 25.4 Å². The minimum absolute atomic E-state index is 0.229. The first-order valence-electron chi connectivity index (χ1n) is 6.66. The topological polar surface area (TPSA) is 21.3 Å². The molecule has 104 valence electrons. The zero-order valence-electron chi connectivity index (χ0n) is 10.9. The molecule has 2 aromatic rings. The Bertz CT molecular complexity index is 596. The van der Waals surface area contributed by atoms with Gasteiger partial charge in [-0.3, -0.25) is 0 Å². The van der Waals surface area contributed by atoms with Gasteiger partial charge in [-0.05, 0) is 77.9 Å². The van der Waals surface area contributed by atoms with E-state index in [1.54, 1.807) is 6.07 Å². The number of halogens is 2. The Kier molecular flexibility index (Phi) is 4.21. The molecule has 1 aliphatic carbocycles. The van der Waals surface area contributed by atoms with Crippen LogP contribution in [0.4, 0.5) is 4.39 Å². The lowest BCUT2D eigenvalue weighted by molar-refractivity contribution is 0.469. The highest BCUT2D eigenvalue weighted by molar-refractivity contribution is 14.1. The van der Waals surface area contributed by atoms with Crippen LogP contribution in [0.2, 0.25) is 0 Å². The number of ether oxygens (including phenoxy) is 1. The minimum atomic E-state index is -0.229. The highest BCUT2D eigenvalue weighted by atomic mass is 127. The van der Waals surface area contributed by atoms with Gasteiger partial charge in [-0.1, -0.05) is 0 Å². The Morgan fingerprint density at radius 2 is 1.90 bits per heavy atom. The van der Waals surface area contributed by atoms with E-state index in [-0.39, 0.29) is 5.82 Å². The summed E-state index contributed by atoms with van der Waals surface area (Å²) in [6, 6.07) is 13.1. The molecule has 1 N–H and O–H groups in total. The van der Waals surface area contributed by atoms with Crippen molar-refractivity contribution in [2.24, 2.45) is 0 Å². The number of nitrogens with one attached hydrogen (secondary N) is 1. The van der Waals surface area contributed by atoms with E-state index in [0.29, 0.717) is 18.3 Å². The Labute approximate surface area is 131 Å². The van der Waals surface area contributed by atoms with E-state index in [9.17, 15) is 4.39 Å². The van der Waals surface area contributed by atoms with Gasteiger partial charge in [0.15, 0.2) is 0 Å². The van der Waals surface area contributed by atoms with Gasteiger partial charge in [-0.25, -0.2) is 4.39 Å². The van der Waals surface area contributed by atoms with Crippen LogP contribution >= 0.6 is 22.6 Å². The van der Waals surface area contributed by atoms with Crippen LogP contribution in [-0.2, 0) is 6.54 Å². The monoisotopic (exact) mass is 383 g/mol. The molecular formula is C16H15FINO. The standard InChI is InChI=1S/C16H15FINO/c17-12-1-8-16(11(9-12)10-19-14-4-5-14)20-15-6-2-13(18)3-7-15/h1-3,6-9,14,19H,4-5,10H2. The second kappa shape index (κ2) is 6.10. The molecule has 0 aliphatic heterocycles. The third kappa shape index (κ3) is 3.70. The summed E-state index contributed by atoms with van der Waals surface area (Å²) in [5.41, 5.74) is 0.857. The first kappa shape index (κ1) is 13.8. The van der Waals surface area contributed by atoms with Gasteiger partial charge in [-0.2, -0.15) is 0 Å². The maximum atomic E-state index is 13.4. The molecule has 1 saturated carbocycles. The van der Waals surface area contributed by atoms with Crippen molar-refractivity contribution < 1.29 is 9.13 Å². The zero-order chi connectivity index (χ0) is 13.9. The lowest BCUT2D eigenvalue weighted by atomic mass is 10.2. The summed E-state index contributed by atoms with van der Waals surface area (Å²) in [6.07, 6.45) is 2.42. The first-order valence-corrected chi connectivity index (χ1v) is 7.74. The van der Waals surface area contributed by atoms with E-state index in [1.807, 2.05) is 24.3 Å². The molecule has 4 heteroatoms. The maximum Gasteiger partial charge on any atom is 0.132 e. The van der Waals surface area contributed by atoms with Gasteiger partial charge in [0.25, 0.3) is 0 Å². The van der Waals surface area contributed by atoms with Crippen LogP contribution in [-0.4, -0.2) is 6.04 Å². The van der Waals surface area contributed by atoms with Gasteiger partial charge in [0.1, 0.15) is 17.3 Å². The third-order valence-corrected chi connectivity index (χ3v) is 3.94. The predicted octanol–water partition coefficient (Wildman–Crippen LogP) is 4.47. The summed E-state index contributed by atoms with van der Waals surface area (Å²) in [5.74, 6) is 1.25. The number of hydrogen-bond acceptors (Lipinski definition) is 2. The fourth-order valence-electron chi connectivity index (χ4n) is 1.96. The molecule has 0 bridgehead atoms. The van der Waals surface area contributed by atoms with E-state index in [2.05, 4.69) is 27.9 Å². The molecule has 2 nitrogen and oxygen atoms in total. The molecule has 0 heterocycles. The van der Waals surface area contributed by atoms with Crippen molar-refractivity contribution in [2.75, 3.05) is 0 Å². The van der Waals surface area contributed by atoms with E-state index < -0.39 is 0 Å². The van der Waals surface area contributed by atoms with Crippen molar-refractivity contribution in [3.05, 3.63) is 57.4 Å². The number of benzene rings is 2. The van der Waals surface area contributed by atoms with E-state index in [0.717, 1.165) is 14.9 Å². The highest BCUT2D eigenvalue weighted by Crippen LogP contribution is 2.28. The molecule has 1 fully saturated rings. The van der Waals surface area contributed by atoms with Crippen LogP contribution in [0.5, 0.6) is 11.5 Å². The first-order chi connectivity index (χ1) is 9.70. The molecule has 0 amide bonds. The average Bonchev–Trinajstić information content (AvgIpc) is 3.25. The third-order valence-electron chi connectivity index (χ3n) is 3.22. The summed E-state index contributed by atoms with van der Waals surface area (Å²) in [4.78, 5) is 0. The lowest BCUT2D eigenvalue weighted by Crippen LogP contribution is -2.15. The molecule has 2 aromatic carbocycles. The number of rotatable bonds is 5. The second-order valence-corrected chi connectivity index (χ2v) is 6.21. The Hall–Kier alpha value is -1.14. The molecule has 0 radical (unpaired) electrons. The Balaban J connectivity index is 1.77. The van der Waals surface area contributed by atoms with E-state index in [1.165, 1.54) is 25.0 Å². The predicted molar refractivity (Wildman–Crippen MR) is 85.5 cm³/mol. The van der Waals surface area contributed by atoms with Crippen LogP contribution < -0.4 is 10.1 Å². The van der Waals surface area contributed by atoms with Crippen molar-refractivity contribution >= 4 is 22.6 Å². The van der Waals surface area contributed by atoms with Crippen LogP contribution in [0.3, 0.4) is 0 Å². The fourth-order valence-corrected chi connectivity index (χ4v) is 2.32. The normalized spacial score (nSPS) is 14.3. The van der Waals surface area contributed by atoms with Gasteiger partial charge in [-0.15, -0.1) is 0 Å². The smallest absolute Gasteiger partial charge is 0.132 e. The zero-order valence-corrected chi connectivity index (χ0v) is 13.1. The van der Waals surface area contributed by atoms with Gasteiger partial charge in [0, 0.05) is 21.7 Å². The SMILES string of the molecule is Fc1ccc(Oc2ccc(I)cc2)c(CNC2CC2)c1. The quantitative estimate of drug-likeness (QED) is 0.770. The summed E-state index contributed by atoms with van der Waals surface area (Å²) >= 11 is 2.25. The van der Waals surface area contributed by atoms with Crippen LogP contribution in [0.25, 0.3) is 0 Å². The van der Waals surface area contributed by atoms with Gasteiger partial charge >= 0.3 is 0 Å². The van der Waals surface area contributed by atoms with Crippen LogP contribution in [0.15, 0.2) is 42.5 Å². The fraction of sp³-hybridized carbons (Fsp3) is 0.250. The van der Waals surface area contributed by atoms with Gasteiger partial charge < -0.3 is 10.1 Å². The van der Waals surface area contributed by atoms with Gasteiger partial charge in [0.05, 0.1) is 0 Å². The average molecular weight is 383 g/mol. The molecule has 1 aliphatic rings. The Morgan fingerprint density at radius 3 is 2.60 bits per heavy atom. The van der Waals surface area contributed by atoms with Gasteiger partial charge in [0.2, 0.25) is 0 Å². The molecule has 0 saturated heterocycles. The lowest BCUT2D eigenvalue weighted by Gasteiger charge is -2.12. The summed E-state index contributed by atoms with van der Waals surface area (Å²) in [7, 11) is 0. The van der Waals surface area contributed by atoms with Crippen LogP contribution in [0, 0.1) is 9.39 Å². The van der Waals surface area contributed by atoms with Crippen LogP contribution in [0.1, 0.15) is 18.4 Å². The summed E-state index contributed by atoms with van der Waals surface area (Å²) in [5, 5.41) is 3.39. The van der Waals surface area contributed by atoms with E-state index >= 15 is 0 Å². The summed E-state index contributed by atoms with van der Waals surface area (Å²) in [6.45, 7) is 0.641. The van der Waals surface area contributed by atoms with E-state index in [4.69, 9.17) is 4.74 Å². The van der Waals surface area contributed by atoms with Crippen molar-refractivity contribution in [1.82, 2.24) is 5.32 Å². The van der Waals surface area contributed by atoms with Crippen molar-refractivity contribution in [3.8, 4) is 11.5 Å². The van der Waals surface area contributed by atoms with Crippen molar-refractivity contribution in [3.63, 3.8) is 0 Å². The minimum Gasteiger partial charge on any atom is -0.457 e. The molecule has 0 aromatic heterocycles. The molecule has 20 heavy (non-hydrogen) atoms. The number of hydrogen-bond donors (Lipinski definition) is 1.